The minimum Gasteiger partial charge on any atom is -0.414 e. The van der Waals surface area contributed by atoms with Gasteiger partial charge in [-0.1, -0.05) is 60.7 Å². The lowest BCUT2D eigenvalue weighted by molar-refractivity contribution is 0.129. The molecular formula is C24H32N2O2. The zero-order valence-corrected chi connectivity index (χ0v) is 17.8. The van der Waals surface area contributed by atoms with Gasteiger partial charge in [0.1, 0.15) is 5.76 Å². The van der Waals surface area contributed by atoms with Crippen LogP contribution in [0.15, 0.2) is 72.5 Å². The molecule has 0 fully saturated rings. The van der Waals surface area contributed by atoms with E-state index in [4.69, 9.17) is 4.74 Å². The minimum atomic E-state index is -0.577. The van der Waals surface area contributed by atoms with Crippen molar-refractivity contribution in [2.75, 3.05) is 28.2 Å². The molecule has 0 bridgehead atoms. The number of carbonyl (C=O) groups is 1. The Balaban J connectivity index is 2.74. The highest BCUT2D eigenvalue weighted by Gasteiger charge is 2.42. The van der Waals surface area contributed by atoms with Crippen LogP contribution < -0.4 is 0 Å². The van der Waals surface area contributed by atoms with E-state index < -0.39 is 5.41 Å². The van der Waals surface area contributed by atoms with Crippen molar-refractivity contribution in [1.82, 2.24) is 9.80 Å². The van der Waals surface area contributed by atoms with Gasteiger partial charge in [0, 0.05) is 20.1 Å². The molecule has 0 spiro atoms. The van der Waals surface area contributed by atoms with Gasteiger partial charge in [-0.3, -0.25) is 0 Å². The Morgan fingerprint density at radius 2 is 1.43 bits per heavy atom. The highest BCUT2D eigenvalue weighted by molar-refractivity contribution is 5.69. The van der Waals surface area contributed by atoms with Crippen LogP contribution in [0.1, 0.15) is 31.4 Å². The zero-order valence-electron chi connectivity index (χ0n) is 17.8. The van der Waals surface area contributed by atoms with Crippen molar-refractivity contribution in [3.63, 3.8) is 0 Å². The van der Waals surface area contributed by atoms with Gasteiger partial charge in [0.2, 0.25) is 0 Å². The van der Waals surface area contributed by atoms with E-state index in [2.05, 4.69) is 50.2 Å². The third-order valence-electron chi connectivity index (χ3n) is 5.26. The Morgan fingerprint density at radius 1 is 0.964 bits per heavy atom. The summed E-state index contributed by atoms with van der Waals surface area (Å²) in [6.45, 7) is 4.13. The molecule has 0 aliphatic heterocycles. The predicted octanol–water partition coefficient (Wildman–Crippen LogP) is 4.91. The number of hydrogen-bond donors (Lipinski definition) is 0. The molecule has 0 radical (unpaired) electrons. The fourth-order valence-corrected chi connectivity index (χ4v) is 3.44. The summed E-state index contributed by atoms with van der Waals surface area (Å²) in [5.74, 6) is 0.650. The summed E-state index contributed by atoms with van der Waals surface area (Å²) in [6, 6.07) is 20.9. The van der Waals surface area contributed by atoms with Gasteiger partial charge >= 0.3 is 6.09 Å². The van der Waals surface area contributed by atoms with E-state index in [-0.39, 0.29) is 12.1 Å². The number of ether oxygens (including phenoxy) is 1. The first-order valence-corrected chi connectivity index (χ1v) is 9.66. The fourth-order valence-electron chi connectivity index (χ4n) is 3.44. The van der Waals surface area contributed by atoms with E-state index in [1.54, 1.807) is 14.1 Å². The maximum Gasteiger partial charge on any atom is 0.414 e. The number of nitrogens with zero attached hydrogens (tertiary/aromatic N) is 2. The summed E-state index contributed by atoms with van der Waals surface area (Å²) in [6.07, 6.45) is 2.32. The van der Waals surface area contributed by atoms with Gasteiger partial charge in [-0.15, -0.1) is 0 Å². The normalized spacial score (nSPS) is 13.3. The average Bonchev–Trinajstić information content (AvgIpc) is 2.71. The van der Waals surface area contributed by atoms with Crippen LogP contribution in [-0.4, -0.2) is 50.1 Å². The Hall–Kier alpha value is -2.59. The lowest BCUT2D eigenvalue weighted by atomic mass is 9.68. The Kier molecular flexibility index (Phi) is 7.41. The van der Waals surface area contributed by atoms with Crippen molar-refractivity contribution in [2.24, 2.45) is 0 Å². The Morgan fingerprint density at radius 3 is 1.79 bits per heavy atom. The largest absolute Gasteiger partial charge is 0.414 e. The van der Waals surface area contributed by atoms with Gasteiger partial charge < -0.3 is 14.5 Å². The molecule has 0 saturated carbocycles. The van der Waals surface area contributed by atoms with Crippen molar-refractivity contribution in [3.05, 3.63) is 83.6 Å². The molecule has 0 aromatic heterocycles. The van der Waals surface area contributed by atoms with Gasteiger partial charge in [-0.2, -0.15) is 0 Å². The van der Waals surface area contributed by atoms with Gasteiger partial charge in [-0.25, -0.2) is 4.79 Å². The van der Waals surface area contributed by atoms with Crippen LogP contribution >= 0.6 is 0 Å². The summed E-state index contributed by atoms with van der Waals surface area (Å²) in [7, 11) is 7.55. The molecule has 0 saturated heterocycles. The molecule has 4 heteroatoms. The van der Waals surface area contributed by atoms with Crippen molar-refractivity contribution in [1.29, 1.82) is 0 Å². The first-order chi connectivity index (χ1) is 13.3. The van der Waals surface area contributed by atoms with Crippen LogP contribution in [0.4, 0.5) is 4.79 Å². The maximum atomic E-state index is 12.5. The lowest BCUT2D eigenvalue weighted by Crippen LogP contribution is -2.40. The molecule has 0 aliphatic carbocycles. The molecule has 1 unspecified atom stereocenters. The SMILES string of the molecule is C/C=C(\OC(=O)N(C)C)C(CC(C)N(C)C)(c1ccccc1)c1ccccc1. The van der Waals surface area contributed by atoms with Crippen LogP contribution in [0, 0.1) is 0 Å². The van der Waals surface area contributed by atoms with Crippen LogP contribution in [-0.2, 0) is 10.2 Å². The van der Waals surface area contributed by atoms with E-state index in [9.17, 15) is 4.79 Å². The number of carbonyl (C=O) groups excluding carboxylic acids is 1. The second kappa shape index (κ2) is 9.56. The molecule has 2 rings (SSSR count). The molecule has 1 amide bonds. The van der Waals surface area contributed by atoms with Crippen LogP contribution in [0.2, 0.25) is 0 Å². The van der Waals surface area contributed by atoms with E-state index in [0.717, 1.165) is 17.5 Å². The van der Waals surface area contributed by atoms with Crippen molar-refractivity contribution in [3.8, 4) is 0 Å². The minimum absolute atomic E-state index is 0.258. The van der Waals surface area contributed by atoms with Gasteiger partial charge in [0.15, 0.2) is 0 Å². The molecule has 0 heterocycles. The molecule has 1 atom stereocenters. The second-order valence-corrected chi connectivity index (χ2v) is 7.57. The molecule has 2 aromatic rings. The summed E-state index contributed by atoms with van der Waals surface area (Å²) < 4.78 is 5.95. The number of allylic oxidation sites excluding steroid dienone is 2. The summed E-state index contributed by atoms with van der Waals surface area (Å²) >= 11 is 0. The molecule has 28 heavy (non-hydrogen) atoms. The van der Waals surface area contributed by atoms with Gasteiger partial charge in [-0.05, 0) is 51.6 Å². The standard InChI is InChI=1S/C24H32N2O2/c1-7-22(28-23(27)26(5)6)24(18-19(2)25(3)4,20-14-10-8-11-15-20)21-16-12-9-13-17-21/h7-17,19H,18H2,1-6H3/b22-7-. The molecular weight excluding hydrogens is 348 g/mol. The average molecular weight is 381 g/mol. The summed E-state index contributed by atoms with van der Waals surface area (Å²) in [5.41, 5.74) is 1.64. The highest BCUT2D eigenvalue weighted by atomic mass is 16.6. The third-order valence-corrected chi connectivity index (χ3v) is 5.26. The van der Waals surface area contributed by atoms with Crippen molar-refractivity contribution in [2.45, 2.75) is 31.7 Å². The summed E-state index contributed by atoms with van der Waals surface area (Å²) in [5, 5.41) is 0. The van der Waals surface area contributed by atoms with Crippen LogP contribution in [0.3, 0.4) is 0 Å². The monoisotopic (exact) mass is 380 g/mol. The second-order valence-electron chi connectivity index (χ2n) is 7.57. The van der Waals surface area contributed by atoms with Crippen molar-refractivity contribution < 1.29 is 9.53 Å². The van der Waals surface area contributed by atoms with E-state index >= 15 is 0 Å². The lowest BCUT2D eigenvalue weighted by Gasteiger charge is -2.40. The van der Waals surface area contributed by atoms with E-state index in [1.165, 1.54) is 4.90 Å². The molecule has 4 nitrogen and oxygen atoms in total. The molecule has 2 aromatic carbocycles. The van der Waals surface area contributed by atoms with Gasteiger partial charge in [0.05, 0.1) is 5.41 Å². The maximum absolute atomic E-state index is 12.5. The highest BCUT2D eigenvalue weighted by Crippen LogP contribution is 2.44. The quantitative estimate of drug-likeness (QED) is 0.640. The summed E-state index contributed by atoms with van der Waals surface area (Å²) in [4.78, 5) is 16.1. The van der Waals surface area contributed by atoms with Crippen LogP contribution in [0.25, 0.3) is 0 Å². The molecule has 150 valence electrons. The number of benzene rings is 2. The first kappa shape index (κ1) is 21.7. The van der Waals surface area contributed by atoms with E-state index in [1.807, 2.05) is 49.4 Å². The van der Waals surface area contributed by atoms with E-state index in [0.29, 0.717) is 5.76 Å². The zero-order chi connectivity index (χ0) is 20.7. The predicted molar refractivity (Wildman–Crippen MR) is 115 cm³/mol. The first-order valence-electron chi connectivity index (χ1n) is 9.66. The Labute approximate surface area is 169 Å². The Bertz CT molecular complexity index is 743. The molecule has 0 N–H and O–H groups in total. The number of rotatable bonds is 7. The number of amides is 1. The van der Waals surface area contributed by atoms with Crippen molar-refractivity contribution >= 4 is 6.09 Å². The van der Waals surface area contributed by atoms with Crippen LogP contribution in [0.5, 0.6) is 0 Å². The van der Waals surface area contributed by atoms with Gasteiger partial charge in [0.25, 0.3) is 0 Å². The molecule has 0 aliphatic rings. The number of hydrogen-bond acceptors (Lipinski definition) is 3. The third kappa shape index (κ3) is 4.63. The fraction of sp³-hybridized carbons (Fsp3) is 0.375. The topological polar surface area (TPSA) is 32.8 Å². The smallest absolute Gasteiger partial charge is 0.414 e.